The van der Waals surface area contributed by atoms with Crippen molar-refractivity contribution in [3.8, 4) is 0 Å². The summed E-state index contributed by atoms with van der Waals surface area (Å²) in [4.78, 5) is 0. The first-order valence-corrected chi connectivity index (χ1v) is 0.447. The fourth-order valence-electron chi connectivity index (χ4n) is 0. The molecule has 0 aliphatic rings. The molecule has 0 bridgehead atoms. The van der Waals surface area contributed by atoms with E-state index in [0.717, 1.165) is 0 Å². The molecule has 0 rings (SSSR count). The van der Waals surface area contributed by atoms with E-state index in [9.17, 15) is 0 Å². The number of hydrogen-bond acceptors (Lipinski definition) is 2. The Hall–Kier alpha value is 1.36. The molecule has 30 valence electrons. The molecule has 0 saturated carbocycles. The van der Waals surface area contributed by atoms with Crippen LogP contribution in [0.3, 0.4) is 0 Å². The van der Waals surface area contributed by atoms with E-state index in [-0.39, 0.29) is 73.8 Å². The zero-order valence-corrected chi connectivity index (χ0v) is 8.49. The summed E-state index contributed by atoms with van der Waals surface area (Å²) in [5, 5.41) is 12.5. The van der Waals surface area contributed by atoms with E-state index in [2.05, 4.69) is 0 Å². The first-order valence-electron chi connectivity index (χ1n) is 0.447. The Labute approximate surface area is 95.5 Å². The standard InChI is InChI=1S/2CN.Au.K/c2*1-2;;/q2*-1;2*+1. The second kappa shape index (κ2) is 99.1. The molecule has 0 amide bonds. The molecule has 6 heavy (non-hydrogen) atoms. The molecule has 0 aliphatic carbocycles. The summed E-state index contributed by atoms with van der Waals surface area (Å²) in [6.45, 7) is 9.50. The van der Waals surface area contributed by atoms with Gasteiger partial charge in [0.2, 0.25) is 0 Å². The zero-order valence-electron chi connectivity index (χ0n) is 3.20. The maximum atomic E-state index is 6.25. The fourth-order valence-corrected chi connectivity index (χ4v) is 0. The average molecular weight is 288 g/mol. The molecule has 0 saturated heterocycles. The Kier molecular flexibility index (Phi) is 436. The van der Waals surface area contributed by atoms with E-state index >= 15 is 0 Å². The molecule has 0 N–H and O–H groups in total. The number of nitrogens with zero attached hydrogens (tertiary/aromatic N) is 2. The van der Waals surface area contributed by atoms with E-state index < -0.39 is 0 Å². The summed E-state index contributed by atoms with van der Waals surface area (Å²) >= 11 is 0. The molecule has 0 aromatic heterocycles. The van der Waals surface area contributed by atoms with Crippen molar-refractivity contribution in [3.05, 3.63) is 13.1 Å². The van der Waals surface area contributed by atoms with E-state index in [4.69, 9.17) is 23.7 Å². The third kappa shape index (κ3) is 55.2. The Morgan fingerprint density at radius 1 is 0.833 bits per heavy atom. The topological polar surface area (TPSA) is 47.6 Å². The summed E-state index contributed by atoms with van der Waals surface area (Å²) in [5.74, 6) is 0. The van der Waals surface area contributed by atoms with Gasteiger partial charge in [-0.25, -0.2) is 0 Å². The van der Waals surface area contributed by atoms with Crippen LogP contribution in [-0.4, -0.2) is 0 Å². The van der Waals surface area contributed by atoms with Gasteiger partial charge in [-0.2, -0.15) is 0 Å². The van der Waals surface area contributed by atoms with Crippen molar-refractivity contribution in [2.24, 2.45) is 0 Å². The van der Waals surface area contributed by atoms with Crippen LogP contribution in [0.4, 0.5) is 0 Å². The van der Waals surface area contributed by atoms with Gasteiger partial charge in [-0.05, 0) is 0 Å². The minimum absolute atomic E-state index is 0. The van der Waals surface area contributed by atoms with E-state index in [1.165, 1.54) is 0 Å². The van der Waals surface area contributed by atoms with Gasteiger partial charge in [-0.15, -0.1) is 0 Å². The van der Waals surface area contributed by atoms with Crippen LogP contribution in [0.15, 0.2) is 0 Å². The molecule has 0 aliphatic heterocycles. The molecular weight excluding hydrogens is 288 g/mol. The van der Waals surface area contributed by atoms with Crippen LogP contribution in [0.2, 0.25) is 0 Å². The van der Waals surface area contributed by atoms with Crippen LogP contribution in [0.25, 0.3) is 0 Å². The van der Waals surface area contributed by atoms with Gasteiger partial charge in [-0.3, -0.25) is 0 Å². The van der Waals surface area contributed by atoms with Gasteiger partial charge in [0.05, 0.1) is 0 Å². The average Bonchev–Trinajstić information content (AvgIpc) is 1.50. The van der Waals surface area contributed by atoms with Crippen molar-refractivity contribution in [1.29, 1.82) is 10.5 Å². The van der Waals surface area contributed by atoms with Crippen molar-refractivity contribution in [1.82, 2.24) is 0 Å². The monoisotopic (exact) mass is 288 g/mol. The second-order valence-electron chi connectivity index (χ2n) is 0. The van der Waals surface area contributed by atoms with Gasteiger partial charge in [0, 0.05) is 0 Å². The van der Waals surface area contributed by atoms with Crippen LogP contribution in [0, 0.1) is 23.7 Å². The van der Waals surface area contributed by atoms with E-state index in [1.807, 2.05) is 0 Å². The molecule has 0 unspecified atom stereocenters. The third-order valence-corrected chi connectivity index (χ3v) is 0. The predicted molar refractivity (Wildman–Crippen MR) is 9.94 cm³/mol. The molecule has 0 spiro atoms. The van der Waals surface area contributed by atoms with Gasteiger partial charge in [-0.1, -0.05) is 0 Å². The summed E-state index contributed by atoms with van der Waals surface area (Å²) in [6, 6.07) is 0. The van der Waals surface area contributed by atoms with Gasteiger partial charge < -0.3 is 23.7 Å². The molecule has 2 nitrogen and oxygen atoms in total. The smallest absolute Gasteiger partial charge is 0.512 e. The first kappa shape index (κ1) is 26.4. The molecule has 0 radical (unpaired) electrons. The molecular formula is C2AuKN2. The summed E-state index contributed by atoms with van der Waals surface area (Å²) in [6.07, 6.45) is 0. The Balaban J connectivity index is -0.00000000500. The van der Waals surface area contributed by atoms with Crippen LogP contribution >= 0.6 is 0 Å². The van der Waals surface area contributed by atoms with Crippen LogP contribution in [-0.2, 0) is 22.4 Å². The van der Waals surface area contributed by atoms with Crippen molar-refractivity contribution < 1.29 is 73.8 Å². The summed E-state index contributed by atoms with van der Waals surface area (Å²) in [5.41, 5.74) is 0. The second-order valence-corrected chi connectivity index (χ2v) is 0. The Bertz CT molecular complexity index is 27.0. The SMILES string of the molecule is [Au+].[C-]#N.[C-]#N.[K+]. The predicted octanol–water partition coefficient (Wildman–Crippen LogP) is -2.81. The number of rotatable bonds is 0. The molecule has 0 aromatic carbocycles. The zero-order chi connectivity index (χ0) is 4.00. The maximum absolute atomic E-state index is 6.25. The minimum Gasteiger partial charge on any atom is -0.512 e. The summed E-state index contributed by atoms with van der Waals surface area (Å²) < 4.78 is 0. The third-order valence-electron chi connectivity index (χ3n) is 0. The van der Waals surface area contributed by atoms with Crippen molar-refractivity contribution in [3.63, 3.8) is 0 Å². The van der Waals surface area contributed by atoms with Gasteiger partial charge in [0.25, 0.3) is 0 Å². The molecule has 0 aromatic rings. The van der Waals surface area contributed by atoms with Crippen LogP contribution < -0.4 is 51.4 Å². The van der Waals surface area contributed by atoms with E-state index in [1.54, 1.807) is 0 Å². The first-order chi connectivity index (χ1) is 2.00. The van der Waals surface area contributed by atoms with Gasteiger partial charge in [0.1, 0.15) is 0 Å². The van der Waals surface area contributed by atoms with E-state index in [0.29, 0.717) is 0 Å². The quantitative estimate of drug-likeness (QED) is 0.357. The molecule has 4 heteroatoms. The van der Waals surface area contributed by atoms with Gasteiger partial charge >= 0.3 is 73.8 Å². The van der Waals surface area contributed by atoms with Crippen molar-refractivity contribution >= 4 is 0 Å². The largest absolute Gasteiger partial charge is 1.00 e. The van der Waals surface area contributed by atoms with Crippen molar-refractivity contribution in [2.75, 3.05) is 0 Å². The minimum atomic E-state index is 0. The fraction of sp³-hybridized carbons (Fsp3) is 0. The normalized spacial score (nSPS) is 0.667. The van der Waals surface area contributed by atoms with Crippen LogP contribution in [0.5, 0.6) is 0 Å². The maximum Gasteiger partial charge on any atom is 1.00 e. The Morgan fingerprint density at radius 3 is 0.833 bits per heavy atom. The molecule has 0 atom stereocenters. The van der Waals surface area contributed by atoms with Gasteiger partial charge in [0.15, 0.2) is 0 Å². The molecule has 0 fully saturated rings. The number of hydrogen-bond donors (Lipinski definition) is 0. The van der Waals surface area contributed by atoms with Crippen molar-refractivity contribution in [2.45, 2.75) is 0 Å². The summed E-state index contributed by atoms with van der Waals surface area (Å²) in [7, 11) is 0. The molecule has 0 heterocycles. The van der Waals surface area contributed by atoms with Crippen LogP contribution in [0.1, 0.15) is 0 Å². The Morgan fingerprint density at radius 2 is 0.833 bits per heavy atom.